The van der Waals surface area contributed by atoms with Crippen LogP contribution in [0.5, 0.6) is 0 Å². The van der Waals surface area contributed by atoms with Crippen LogP contribution in [0, 0.1) is 0 Å². The summed E-state index contributed by atoms with van der Waals surface area (Å²) in [5, 5.41) is 27.2. The van der Waals surface area contributed by atoms with E-state index in [1.807, 2.05) is 30.3 Å². The maximum Gasteiger partial charge on any atom is 0.490 e. The molecule has 0 unspecified atom stereocenters. The number of halogens is 7. The molecule has 12 nitrogen and oxygen atoms in total. The van der Waals surface area contributed by atoms with Gasteiger partial charge in [-0.15, -0.1) is 0 Å². The molecule has 0 spiro atoms. The number of anilines is 5. The summed E-state index contributed by atoms with van der Waals surface area (Å²) in [6.45, 7) is 3.76. The zero-order valence-electron chi connectivity index (χ0n) is 24.9. The van der Waals surface area contributed by atoms with E-state index >= 15 is 0 Å². The third-order valence-corrected chi connectivity index (χ3v) is 6.90. The molecule has 6 N–H and O–H groups in total. The van der Waals surface area contributed by atoms with Crippen molar-refractivity contribution in [2.45, 2.75) is 38.0 Å². The Hall–Kier alpha value is -4.84. The van der Waals surface area contributed by atoms with Crippen molar-refractivity contribution in [3.63, 3.8) is 0 Å². The first-order valence-corrected chi connectivity index (χ1v) is 14.5. The highest BCUT2D eigenvalue weighted by Crippen LogP contribution is 2.29. The van der Waals surface area contributed by atoms with E-state index in [0.717, 1.165) is 55.1 Å². The van der Waals surface area contributed by atoms with Crippen LogP contribution in [0.2, 0.25) is 5.02 Å². The average molecular weight is 706 g/mol. The summed E-state index contributed by atoms with van der Waals surface area (Å²) >= 11 is 6.34. The Bertz CT molecular complexity index is 1560. The number of carbonyl (C=O) groups excluding carboxylic acids is 1. The molecule has 19 heteroatoms. The summed E-state index contributed by atoms with van der Waals surface area (Å²) in [4.78, 5) is 41.6. The van der Waals surface area contributed by atoms with Gasteiger partial charge in [0.05, 0.1) is 6.20 Å². The predicted octanol–water partition coefficient (Wildman–Crippen LogP) is 6.20. The maximum atomic E-state index is 12.6. The highest BCUT2D eigenvalue weighted by molar-refractivity contribution is 6.32. The van der Waals surface area contributed by atoms with Crippen molar-refractivity contribution in [3.05, 3.63) is 64.8 Å². The molecule has 48 heavy (non-hydrogen) atoms. The Morgan fingerprint density at radius 2 is 1.52 bits per heavy atom. The van der Waals surface area contributed by atoms with E-state index in [1.54, 1.807) is 6.20 Å². The molecule has 0 atom stereocenters. The first-order chi connectivity index (χ1) is 22.5. The minimum atomic E-state index is -5.08. The van der Waals surface area contributed by atoms with Crippen LogP contribution < -0.4 is 21.3 Å². The summed E-state index contributed by atoms with van der Waals surface area (Å²) in [7, 11) is 0. The zero-order valence-corrected chi connectivity index (χ0v) is 25.6. The number of carboxylic acids is 2. The van der Waals surface area contributed by atoms with E-state index in [4.69, 9.17) is 31.4 Å². The highest BCUT2D eigenvalue weighted by atomic mass is 35.5. The number of aromatic nitrogens is 2. The Balaban J connectivity index is 0.000000376. The van der Waals surface area contributed by atoms with Crippen molar-refractivity contribution in [2.24, 2.45) is 0 Å². The number of alkyl halides is 6. The molecule has 3 heterocycles. The zero-order chi connectivity index (χ0) is 35.5. The minimum Gasteiger partial charge on any atom is -0.475 e. The minimum absolute atomic E-state index is 0.186. The summed E-state index contributed by atoms with van der Waals surface area (Å²) in [5.41, 5.74) is 4.75. The van der Waals surface area contributed by atoms with E-state index in [0.29, 0.717) is 23.3 Å². The highest BCUT2D eigenvalue weighted by Gasteiger charge is 2.38. The quantitative estimate of drug-likeness (QED) is 0.172. The van der Waals surface area contributed by atoms with Gasteiger partial charge in [0.25, 0.3) is 0 Å². The number of urea groups is 1. The van der Waals surface area contributed by atoms with Gasteiger partial charge in [0.1, 0.15) is 5.02 Å². The molecule has 0 saturated carbocycles. The van der Waals surface area contributed by atoms with Crippen LogP contribution in [0.25, 0.3) is 0 Å². The summed E-state index contributed by atoms with van der Waals surface area (Å²) in [6.07, 6.45) is -4.51. The van der Waals surface area contributed by atoms with Gasteiger partial charge in [0, 0.05) is 30.2 Å². The molecule has 0 radical (unpaired) electrons. The monoisotopic (exact) mass is 705 g/mol. The SMILES string of the molecule is O=C(NCCN1CCCC1)Nc1ccc2cc1CCc1cccc(c1)Nc1ncc(Cl)c(n1)N2.O=C(O)C(F)(F)F.O=C(O)C(F)(F)F. The fourth-order valence-corrected chi connectivity index (χ4v) is 4.50. The molecule has 2 aliphatic rings. The van der Waals surface area contributed by atoms with Crippen LogP contribution in [-0.4, -0.2) is 81.6 Å². The molecule has 1 aromatic heterocycles. The number of likely N-dealkylation sites (tertiary alicyclic amines) is 1. The van der Waals surface area contributed by atoms with Gasteiger partial charge in [-0.25, -0.2) is 19.4 Å². The second-order valence-corrected chi connectivity index (χ2v) is 10.7. The number of carboxylic acid groups (broad SMARTS) is 2. The normalized spacial score (nSPS) is 14.1. The molecule has 0 aliphatic carbocycles. The molecule has 2 aromatic carbocycles. The van der Waals surface area contributed by atoms with Crippen LogP contribution in [-0.2, 0) is 22.4 Å². The van der Waals surface area contributed by atoms with E-state index in [-0.39, 0.29) is 6.03 Å². The van der Waals surface area contributed by atoms with Crippen LogP contribution >= 0.6 is 11.6 Å². The van der Waals surface area contributed by atoms with Crippen molar-refractivity contribution in [3.8, 4) is 0 Å². The number of hydrogen-bond acceptors (Lipinski definition) is 8. The van der Waals surface area contributed by atoms with E-state index in [9.17, 15) is 31.1 Å². The molecule has 3 aromatic rings. The third-order valence-electron chi connectivity index (χ3n) is 6.62. The Kier molecular flexibility index (Phi) is 13.2. The Morgan fingerprint density at radius 1 is 0.896 bits per heavy atom. The fraction of sp³-hybridized carbons (Fsp3) is 0.345. The second-order valence-electron chi connectivity index (χ2n) is 10.2. The number of carbonyl (C=O) groups is 3. The summed E-state index contributed by atoms with van der Waals surface area (Å²) in [6, 6.07) is 13.9. The van der Waals surface area contributed by atoms with E-state index < -0.39 is 24.3 Å². The molecule has 2 amide bonds. The number of hydrogen-bond donors (Lipinski definition) is 6. The second kappa shape index (κ2) is 16.8. The summed E-state index contributed by atoms with van der Waals surface area (Å²) < 4.78 is 63.5. The number of aryl methyl sites for hydroxylation is 2. The van der Waals surface area contributed by atoms with E-state index in [1.165, 1.54) is 18.4 Å². The first-order valence-electron chi connectivity index (χ1n) is 14.2. The van der Waals surface area contributed by atoms with Crippen LogP contribution in [0.3, 0.4) is 0 Å². The van der Waals surface area contributed by atoms with E-state index in [2.05, 4.69) is 48.3 Å². The number of aliphatic carboxylic acids is 2. The number of benzene rings is 2. The van der Waals surface area contributed by atoms with Crippen molar-refractivity contribution >= 4 is 58.4 Å². The molecule has 5 rings (SSSR count). The average Bonchev–Trinajstić information content (AvgIpc) is 3.52. The van der Waals surface area contributed by atoms with Crippen molar-refractivity contribution in [1.29, 1.82) is 0 Å². The lowest BCUT2D eigenvalue weighted by molar-refractivity contribution is -0.193. The van der Waals surface area contributed by atoms with Gasteiger partial charge in [0.2, 0.25) is 5.95 Å². The largest absolute Gasteiger partial charge is 0.490 e. The van der Waals surface area contributed by atoms with Crippen LogP contribution in [0.15, 0.2) is 48.7 Å². The van der Waals surface area contributed by atoms with Gasteiger partial charge in [-0.1, -0.05) is 23.7 Å². The fourth-order valence-electron chi connectivity index (χ4n) is 4.36. The molecule has 6 bridgehead atoms. The van der Waals surface area contributed by atoms with Gasteiger partial charge in [-0.05, 0) is 80.2 Å². The number of nitrogens with zero attached hydrogens (tertiary/aromatic N) is 3. The number of amides is 2. The van der Waals surface area contributed by atoms with Crippen molar-refractivity contribution in [2.75, 3.05) is 42.1 Å². The Morgan fingerprint density at radius 3 is 2.15 bits per heavy atom. The first kappa shape index (κ1) is 37.6. The maximum absolute atomic E-state index is 12.6. The van der Waals surface area contributed by atoms with Gasteiger partial charge in [-0.2, -0.15) is 31.3 Å². The van der Waals surface area contributed by atoms with Gasteiger partial charge in [-0.3, -0.25) is 0 Å². The smallest absolute Gasteiger partial charge is 0.475 e. The number of nitrogens with one attached hydrogen (secondary N) is 4. The van der Waals surface area contributed by atoms with Crippen LogP contribution in [0.4, 0.5) is 60.0 Å². The molecule has 260 valence electrons. The predicted molar refractivity (Wildman–Crippen MR) is 164 cm³/mol. The number of rotatable bonds is 4. The lowest BCUT2D eigenvalue weighted by Crippen LogP contribution is -2.36. The number of fused-ring (bicyclic) bond motifs is 6. The molecular weight excluding hydrogens is 676 g/mol. The van der Waals surface area contributed by atoms with Gasteiger partial charge in [0.15, 0.2) is 5.82 Å². The summed E-state index contributed by atoms with van der Waals surface area (Å²) in [5.74, 6) is -4.53. The Labute approximate surface area is 274 Å². The lowest BCUT2D eigenvalue weighted by atomic mass is 10.0. The van der Waals surface area contributed by atoms with Crippen molar-refractivity contribution in [1.82, 2.24) is 20.2 Å². The van der Waals surface area contributed by atoms with Crippen LogP contribution in [0.1, 0.15) is 24.0 Å². The molecule has 2 aliphatic heterocycles. The third kappa shape index (κ3) is 12.4. The molecule has 1 fully saturated rings. The van der Waals surface area contributed by atoms with Gasteiger partial charge < -0.3 is 36.4 Å². The lowest BCUT2D eigenvalue weighted by Gasteiger charge is -2.17. The standard InChI is InChI=1S/C25H28ClN7O.2C2HF3O2/c26-21-16-28-24-30-19-5-3-4-17(14-19)6-7-18-15-20(29-23(21)32-24)8-9-22(18)31-25(34)27-10-13-33-11-1-2-12-33;2*3-2(4,5)1(6)7/h3-5,8-9,14-16H,1-2,6-7,10-13H2,(H2,27,31,34)(H2,28,29,30,32);2*(H,6,7). The molecular formula is C29H30ClF6N7O5. The van der Waals surface area contributed by atoms with Gasteiger partial charge >= 0.3 is 30.3 Å². The molecule has 1 saturated heterocycles. The van der Waals surface area contributed by atoms with Crippen molar-refractivity contribution < 1.29 is 50.9 Å². The topological polar surface area (TPSA) is 169 Å².